The molecule has 4 atom stereocenters. The minimum absolute atomic E-state index is 0.121. The predicted molar refractivity (Wildman–Crippen MR) is 85.2 cm³/mol. The van der Waals surface area contributed by atoms with Crippen molar-refractivity contribution in [3.05, 3.63) is 22.3 Å². The Hall–Kier alpha value is -0.660. The fourth-order valence-electron chi connectivity index (χ4n) is 3.51. The van der Waals surface area contributed by atoms with Crippen molar-refractivity contribution in [2.24, 2.45) is 11.8 Å². The largest absolute Gasteiger partial charge is 0.450 e. The summed E-state index contributed by atoms with van der Waals surface area (Å²) in [5, 5.41) is 3.28. The van der Waals surface area contributed by atoms with Gasteiger partial charge in [0, 0.05) is 0 Å². The first-order chi connectivity index (χ1) is 9.43. The summed E-state index contributed by atoms with van der Waals surface area (Å²) in [5.74, 6) is 1.05. The van der Waals surface area contributed by atoms with Crippen molar-refractivity contribution < 1.29 is 9.32 Å². The number of carbonyl (C=O) groups is 1. The molecular formula is C16H26NO2P. The number of allylic oxidation sites excluding steroid dienone is 4. The summed E-state index contributed by atoms with van der Waals surface area (Å²) in [7, 11) is 2.05. The van der Waals surface area contributed by atoms with Crippen LogP contribution in [0.15, 0.2) is 22.3 Å². The van der Waals surface area contributed by atoms with Crippen LogP contribution < -0.4 is 5.32 Å². The molecule has 0 radical (unpaired) electrons. The maximum absolute atomic E-state index is 11.5. The number of rotatable bonds is 3. The van der Waals surface area contributed by atoms with Gasteiger partial charge in [-0.15, -0.1) is 0 Å². The zero-order chi connectivity index (χ0) is 14.9. The van der Waals surface area contributed by atoms with Crippen LogP contribution in [-0.4, -0.2) is 18.6 Å². The number of hydrogen-bond donors (Lipinski definition) is 1. The van der Waals surface area contributed by atoms with E-state index in [9.17, 15) is 4.79 Å². The summed E-state index contributed by atoms with van der Waals surface area (Å²) in [6.45, 7) is 9.91. The molecule has 1 fully saturated rings. The molecule has 3 nitrogen and oxygen atoms in total. The topological polar surface area (TPSA) is 38.3 Å². The lowest BCUT2D eigenvalue weighted by Crippen LogP contribution is -2.30. The second-order valence-corrected chi connectivity index (χ2v) is 6.59. The standard InChI is InChI=1S/C16H26NO2P/c1-9-5-14(12(4)11(3)10(9)2)6-13-7-15(17-8-13)16(18)19-20/h13-15,17H,5-8,20H2,1-4H3. The van der Waals surface area contributed by atoms with Gasteiger partial charge in [-0.05, 0) is 76.5 Å². The highest BCUT2D eigenvalue weighted by atomic mass is 31.0. The summed E-state index contributed by atoms with van der Waals surface area (Å²) in [6.07, 6.45) is 3.24. The monoisotopic (exact) mass is 295 g/mol. The first kappa shape index (κ1) is 15.7. The summed E-state index contributed by atoms with van der Waals surface area (Å²) in [6, 6.07) is -0.121. The van der Waals surface area contributed by atoms with E-state index in [1.807, 2.05) is 9.47 Å². The summed E-state index contributed by atoms with van der Waals surface area (Å²) in [4.78, 5) is 11.5. The molecule has 1 heterocycles. The van der Waals surface area contributed by atoms with Gasteiger partial charge in [0.25, 0.3) is 0 Å². The highest BCUT2D eigenvalue weighted by molar-refractivity contribution is 7.10. The smallest absolute Gasteiger partial charge is 0.325 e. The van der Waals surface area contributed by atoms with E-state index in [2.05, 4.69) is 33.0 Å². The zero-order valence-electron chi connectivity index (χ0n) is 13.0. The summed E-state index contributed by atoms with van der Waals surface area (Å²) in [5.41, 5.74) is 5.98. The third-order valence-electron chi connectivity index (χ3n) is 5.20. The van der Waals surface area contributed by atoms with Crippen molar-refractivity contribution in [2.45, 2.75) is 53.0 Å². The Balaban J connectivity index is 1.98. The molecule has 0 saturated carbocycles. The Labute approximate surface area is 124 Å². The molecule has 0 aromatic carbocycles. The molecule has 0 amide bonds. The third-order valence-corrected chi connectivity index (χ3v) is 5.43. The van der Waals surface area contributed by atoms with E-state index in [0.29, 0.717) is 11.8 Å². The number of carbonyl (C=O) groups excluding carboxylic acids is 1. The summed E-state index contributed by atoms with van der Waals surface area (Å²) >= 11 is 0. The van der Waals surface area contributed by atoms with E-state index in [1.54, 1.807) is 0 Å². The fourth-order valence-corrected chi connectivity index (χ4v) is 3.67. The van der Waals surface area contributed by atoms with Crippen LogP contribution >= 0.6 is 9.47 Å². The normalized spacial score (nSPS) is 30.9. The van der Waals surface area contributed by atoms with Gasteiger partial charge in [0.15, 0.2) is 0 Å². The van der Waals surface area contributed by atoms with Gasteiger partial charge < -0.3 is 9.84 Å². The quantitative estimate of drug-likeness (QED) is 0.811. The van der Waals surface area contributed by atoms with Gasteiger partial charge in [0.2, 0.25) is 0 Å². The average molecular weight is 295 g/mol. The molecule has 1 aliphatic carbocycles. The molecule has 4 unspecified atom stereocenters. The molecule has 1 aliphatic heterocycles. The van der Waals surface area contributed by atoms with Crippen molar-refractivity contribution in [1.29, 1.82) is 0 Å². The molecule has 0 aromatic heterocycles. The Morgan fingerprint density at radius 2 is 2.00 bits per heavy atom. The lowest BCUT2D eigenvalue weighted by Gasteiger charge is -2.29. The van der Waals surface area contributed by atoms with E-state index in [1.165, 1.54) is 35.1 Å². The third kappa shape index (κ3) is 3.15. The second kappa shape index (κ2) is 6.41. The Morgan fingerprint density at radius 1 is 1.30 bits per heavy atom. The van der Waals surface area contributed by atoms with Crippen molar-refractivity contribution in [3.63, 3.8) is 0 Å². The molecule has 112 valence electrons. The maximum atomic E-state index is 11.5. The molecule has 2 rings (SSSR count). The molecule has 0 aromatic rings. The van der Waals surface area contributed by atoms with Gasteiger partial charge in [-0.25, -0.2) is 0 Å². The lowest BCUT2D eigenvalue weighted by molar-refractivity contribution is -0.135. The van der Waals surface area contributed by atoms with E-state index in [4.69, 9.17) is 4.52 Å². The van der Waals surface area contributed by atoms with Crippen LogP contribution in [0.25, 0.3) is 0 Å². The SMILES string of the molecule is CC1=C(C)C(C)=C(C)C(CC2CNC(C(=O)OP)C2)C1. The van der Waals surface area contributed by atoms with Crippen molar-refractivity contribution in [3.8, 4) is 0 Å². The van der Waals surface area contributed by atoms with Crippen LogP contribution in [0.3, 0.4) is 0 Å². The van der Waals surface area contributed by atoms with Crippen LogP contribution in [0, 0.1) is 11.8 Å². The molecule has 2 aliphatic rings. The van der Waals surface area contributed by atoms with Gasteiger partial charge >= 0.3 is 5.97 Å². The predicted octanol–water partition coefficient (Wildman–Crippen LogP) is 3.38. The first-order valence-corrected chi connectivity index (χ1v) is 7.89. The van der Waals surface area contributed by atoms with E-state index < -0.39 is 0 Å². The van der Waals surface area contributed by atoms with Crippen molar-refractivity contribution in [1.82, 2.24) is 5.32 Å². The molecular weight excluding hydrogens is 269 g/mol. The van der Waals surface area contributed by atoms with Gasteiger partial charge in [0.05, 0.1) is 9.47 Å². The van der Waals surface area contributed by atoms with E-state index >= 15 is 0 Å². The van der Waals surface area contributed by atoms with Crippen LogP contribution in [0.4, 0.5) is 0 Å². The summed E-state index contributed by atoms with van der Waals surface area (Å²) < 4.78 is 4.74. The van der Waals surface area contributed by atoms with Gasteiger partial charge in [-0.2, -0.15) is 0 Å². The fraction of sp³-hybridized carbons (Fsp3) is 0.688. The average Bonchev–Trinajstić information content (AvgIpc) is 2.90. The number of nitrogens with one attached hydrogen (secondary N) is 1. The molecule has 1 N–H and O–H groups in total. The number of hydrogen-bond acceptors (Lipinski definition) is 3. The van der Waals surface area contributed by atoms with Crippen LogP contribution in [-0.2, 0) is 9.32 Å². The van der Waals surface area contributed by atoms with E-state index in [0.717, 1.165) is 13.0 Å². The van der Waals surface area contributed by atoms with Crippen LogP contribution in [0.2, 0.25) is 0 Å². The highest BCUT2D eigenvalue weighted by Crippen LogP contribution is 2.38. The maximum Gasteiger partial charge on any atom is 0.325 e. The Kier molecular flexibility index (Phi) is 5.04. The Bertz CT molecular complexity index is 467. The van der Waals surface area contributed by atoms with Crippen LogP contribution in [0.1, 0.15) is 47.0 Å². The molecule has 4 heteroatoms. The van der Waals surface area contributed by atoms with Gasteiger partial charge in [0.1, 0.15) is 6.04 Å². The molecule has 0 bridgehead atoms. The van der Waals surface area contributed by atoms with Gasteiger partial charge in [-0.3, -0.25) is 4.79 Å². The first-order valence-electron chi connectivity index (χ1n) is 7.42. The Morgan fingerprint density at radius 3 is 2.65 bits per heavy atom. The van der Waals surface area contributed by atoms with Crippen molar-refractivity contribution >= 4 is 15.4 Å². The minimum Gasteiger partial charge on any atom is -0.450 e. The second-order valence-electron chi connectivity index (χ2n) is 6.35. The zero-order valence-corrected chi connectivity index (χ0v) is 14.1. The molecule has 1 saturated heterocycles. The molecule has 20 heavy (non-hydrogen) atoms. The van der Waals surface area contributed by atoms with Crippen molar-refractivity contribution in [2.75, 3.05) is 6.54 Å². The lowest BCUT2D eigenvalue weighted by atomic mass is 9.76. The van der Waals surface area contributed by atoms with Gasteiger partial charge in [-0.1, -0.05) is 11.1 Å². The van der Waals surface area contributed by atoms with E-state index in [-0.39, 0.29) is 12.0 Å². The minimum atomic E-state index is -0.156. The highest BCUT2D eigenvalue weighted by Gasteiger charge is 2.32. The van der Waals surface area contributed by atoms with Crippen LogP contribution in [0.5, 0.6) is 0 Å². The molecule has 0 spiro atoms.